The summed E-state index contributed by atoms with van der Waals surface area (Å²) in [7, 11) is 0. The molecule has 0 saturated carbocycles. The summed E-state index contributed by atoms with van der Waals surface area (Å²) in [6.45, 7) is 5.65. The Labute approximate surface area is 160 Å². The smallest absolute Gasteiger partial charge is 0.272 e. The minimum atomic E-state index is -0.284. The van der Waals surface area contributed by atoms with Crippen molar-refractivity contribution in [2.75, 3.05) is 0 Å². The molecule has 0 aliphatic heterocycles. The van der Waals surface area contributed by atoms with Gasteiger partial charge in [0.25, 0.3) is 5.56 Å². The Bertz CT molecular complexity index is 1210. The average molecular weight is 378 g/mol. The lowest BCUT2D eigenvalue weighted by molar-refractivity contribution is 0.385. The van der Waals surface area contributed by atoms with Crippen molar-refractivity contribution in [2.45, 2.75) is 33.2 Å². The standard InChI is InChI=1S/C21H19FN4O2/c1-12(2)26-18-9-6-15(11-17(18)23-13(3)21(26)27)20-24-19(28-25-20)10-14-4-7-16(22)8-5-14/h4-9,11-12H,10H2,1-3H3. The van der Waals surface area contributed by atoms with Crippen molar-refractivity contribution in [3.8, 4) is 11.4 Å². The lowest BCUT2D eigenvalue weighted by Crippen LogP contribution is -2.25. The van der Waals surface area contributed by atoms with Gasteiger partial charge in [0.15, 0.2) is 0 Å². The molecule has 0 fully saturated rings. The van der Waals surface area contributed by atoms with Crippen LogP contribution in [0.5, 0.6) is 0 Å². The predicted octanol–water partition coefficient (Wildman–Crippen LogP) is 4.07. The van der Waals surface area contributed by atoms with Crippen molar-refractivity contribution in [3.63, 3.8) is 0 Å². The Balaban J connectivity index is 1.70. The van der Waals surface area contributed by atoms with Crippen molar-refractivity contribution in [3.05, 3.63) is 75.8 Å². The van der Waals surface area contributed by atoms with E-state index in [1.807, 2.05) is 32.0 Å². The molecule has 4 rings (SSSR count). The van der Waals surface area contributed by atoms with Gasteiger partial charge in [-0.15, -0.1) is 0 Å². The van der Waals surface area contributed by atoms with Gasteiger partial charge in [-0.3, -0.25) is 4.79 Å². The highest BCUT2D eigenvalue weighted by Crippen LogP contribution is 2.23. The molecular weight excluding hydrogens is 359 g/mol. The largest absolute Gasteiger partial charge is 0.339 e. The van der Waals surface area contributed by atoms with Crippen molar-refractivity contribution >= 4 is 11.0 Å². The van der Waals surface area contributed by atoms with Gasteiger partial charge in [-0.2, -0.15) is 4.98 Å². The van der Waals surface area contributed by atoms with E-state index in [9.17, 15) is 9.18 Å². The van der Waals surface area contributed by atoms with Crippen molar-refractivity contribution in [2.24, 2.45) is 0 Å². The molecule has 2 aromatic heterocycles. The Kier molecular flexibility index (Phi) is 4.50. The molecule has 0 saturated heterocycles. The van der Waals surface area contributed by atoms with E-state index >= 15 is 0 Å². The molecule has 142 valence electrons. The van der Waals surface area contributed by atoms with Crippen LogP contribution in [0.15, 0.2) is 51.8 Å². The van der Waals surface area contributed by atoms with Crippen LogP contribution in [0.4, 0.5) is 4.39 Å². The number of benzene rings is 2. The molecule has 7 heteroatoms. The summed E-state index contributed by atoms with van der Waals surface area (Å²) < 4.78 is 20.1. The van der Waals surface area contributed by atoms with Crippen LogP contribution in [0.25, 0.3) is 22.4 Å². The average Bonchev–Trinajstić information content (AvgIpc) is 3.12. The van der Waals surface area contributed by atoms with Crippen LogP contribution in [0.2, 0.25) is 0 Å². The molecule has 0 spiro atoms. The third-order valence-corrected chi connectivity index (χ3v) is 4.56. The fraction of sp³-hybridized carbons (Fsp3) is 0.238. The summed E-state index contributed by atoms with van der Waals surface area (Å²) >= 11 is 0. The first-order valence-electron chi connectivity index (χ1n) is 9.02. The second-order valence-electron chi connectivity index (χ2n) is 6.98. The summed E-state index contributed by atoms with van der Waals surface area (Å²) in [5, 5.41) is 4.05. The highest BCUT2D eigenvalue weighted by Gasteiger charge is 2.14. The minimum absolute atomic E-state index is 0.0232. The van der Waals surface area contributed by atoms with E-state index in [-0.39, 0.29) is 17.4 Å². The highest BCUT2D eigenvalue weighted by atomic mass is 19.1. The molecule has 0 atom stereocenters. The van der Waals surface area contributed by atoms with Crippen molar-refractivity contribution < 1.29 is 8.91 Å². The molecule has 0 aliphatic rings. The number of nitrogens with zero attached hydrogens (tertiary/aromatic N) is 4. The van der Waals surface area contributed by atoms with E-state index in [4.69, 9.17) is 4.52 Å². The summed E-state index contributed by atoms with van der Waals surface area (Å²) in [5.41, 5.74) is 3.47. The molecule has 2 aromatic carbocycles. The predicted molar refractivity (Wildman–Crippen MR) is 104 cm³/mol. The van der Waals surface area contributed by atoms with Crippen molar-refractivity contribution in [1.82, 2.24) is 19.7 Å². The van der Waals surface area contributed by atoms with E-state index < -0.39 is 0 Å². The Morgan fingerprint density at radius 1 is 1.11 bits per heavy atom. The van der Waals surface area contributed by atoms with Gasteiger partial charge in [0.2, 0.25) is 11.7 Å². The second-order valence-corrected chi connectivity index (χ2v) is 6.98. The molecular formula is C21H19FN4O2. The van der Waals surface area contributed by atoms with Crippen LogP contribution >= 0.6 is 0 Å². The highest BCUT2D eigenvalue weighted by molar-refractivity contribution is 5.80. The number of hydrogen-bond acceptors (Lipinski definition) is 5. The van der Waals surface area contributed by atoms with E-state index in [0.29, 0.717) is 29.3 Å². The van der Waals surface area contributed by atoms with Crippen LogP contribution in [-0.4, -0.2) is 19.7 Å². The fourth-order valence-electron chi connectivity index (χ4n) is 3.20. The van der Waals surface area contributed by atoms with E-state index in [1.165, 1.54) is 12.1 Å². The number of halogens is 1. The summed E-state index contributed by atoms with van der Waals surface area (Å²) in [6.07, 6.45) is 0.422. The quantitative estimate of drug-likeness (QED) is 0.535. The zero-order valence-corrected chi connectivity index (χ0v) is 15.8. The maximum Gasteiger partial charge on any atom is 0.272 e. The van der Waals surface area contributed by atoms with Gasteiger partial charge in [-0.1, -0.05) is 17.3 Å². The topological polar surface area (TPSA) is 73.8 Å². The number of aryl methyl sites for hydroxylation is 1. The molecule has 0 unspecified atom stereocenters. The number of aromatic nitrogens is 4. The van der Waals surface area contributed by atoms with Gasteiger partial charge in [0, 0.05) is 11.6 Å². The van der Waals surface area contributed by atoms with Crippen molar-refractivity contribution in [1.29, 1.82) is 0 Å². The first-order valence-corrected chi connectivity index (χ1v) is 9.02. The van der Waals surface area contributed by atoms with Gasteiger partial charge in [-0.05, 0) is 56.7 Å². The molecule has 4 aromatic rings. The van der Waals surface area contributed by atoms with E-state index in [1.54, 1.807) is 23.6 Å². The fourth-order valence-corrected chi connectivity index (χ4v) is 3.20. The summed E-state index contributed by atoms with van der Waals surface area (Å²) in [6, 6.07) is 11.8. The van der Waals surface area contributed by atoms with Crippen LogP contribution in [0.1, 0.15) is 37.0 Å². The molecule has 0 amide bonds. The Morgan fingerprint density at radius 3 is 2.57 bits per heavy atom. The zero-order valence-electron chi connectivity index (χ0n) is 15.8. The maximum absolute atomic E-state index is 13.0. The summed E-state index contributed by atoms with van der Waals surface area (Å²) in [5.74, 6) is 0.604. The lowest BCUT2D eigenvalue weighted by atomic mass is 10.1. The SMILES string of the molecule is Cc1nc2cc(-c3noc(Cc4ccc(F)cc4)n3)ccc2n(C(C)C)c1=O. The molecule has 2 heterocycles. The Morgan fingerprint density at radius 2 is 1.86 bits per heavy atom. The molecule has 0 bridgehead atoms. The van der Waals surface area contributed by atoms with Crippen LogP contribution in [0, 0.1) is 12.7 Å². The monoisotopic (exact) mass is 378 g/mol. The molecule has 0 aliphatic carbocycles. The Hall–Kier alpha value is -3.35. The van der Waals surface area contributed by atoms with Gasteiger partial charge >= 0.3 is 0 Å². The minimum Gasteiger partial charge on any atom is -0.339 e. The third-order valence-electron chi connectivity index (χ3n) is 4.56. The van der Waals surface area contributed by atoms with Crippen LogP contribution in [0.3, 0.4) is 0 Å². The van der Waals surface area contributed by atoms with Gasteiger partial charge < -0.3 is 9.09 Å². The zero-order chi connectivity index (χ0) is 19.8. The normalized spacial score (nSPS) is 11.5. The molecule has 28 heavy (non-hydrogen) atoms. The molecule has 0 N–H and O–H groups in total. The van der Waals surface area contributed by atoms with Crippen LogP contribution < -0.4 is 5.56 Å². The van der Waals surface area contributed by atoms with Gasteiger partial charge in [0.1, 0.15) is 11.5 Å². The second kappa shape index (κ2) is 6.99. The maximum atomic E-state index is 13.0. The van der Waals surface area contributed by atoms with Gasteiger partial charge in [0.05, 0.1) is 17.5 Å². The number of rotatable bonds is 4. The first-order chi connectivity index (χ1) is 13.4. The first kappa shape index (κ1) is 18.0. The molecule has 0 radical (unpaired) electrons. The van der Waals surface area contributed by atoms with Gasteiger partial charge in [-0.25, -0.2) is 9.37 Å². The van der Waals surface area contributed by atoms with E-state index in [2.05, 4.69) is 15.1 Å². The van der Waals surface area contributed by atoms with E-state index in [0.717, 1.165) is 16.6 Å². The summed E-state index contributed by atoms with van der Waals surface area (Å²) in [4.78, 5) is 21.3. The lowest BCUT2D eigenvalue weighted by Gasteiger charge is -2.14. The number of fused-ring (bicyclic) bond motifs is 1. The third kappa shape index (κ3) is 3.31. The number of hydrogen-bond donors (Lipinski definition) is 0. The van der Waals surface area contributed by atoms with Crippen LogP contribution in [-0.2, 0) is 6.42 Å². The molecule has 6 nitrogen and oxygen atoms in total.